The fourth-order valence-corrected chi connectivity index (χ4v) is 4.59. The monoisotopic (exact) mass is 437 g/mol. The third-order valence-corrected chi connectivity index (χ3v) is 6.67. The zero-order chi connectivity index (χ0) is 22.2. The maximum Gasteiger partial charge on any atom is 0.303 e. The van der Waals surface area contributed by atoms with Gasteiger partial charge >= 0.3 is 5.97 Å². The fourth-order valence-electron chi connectivity index (χ4n) is 3.29. The SMILES string of the molecule is Cc1cc(CCC(=O)O)cc(-n2nc3ccc(S(=O)(=O)c4ccccc4)cc3n2)c1O. The zero-order valence-electron chi connectivity index (χ0n) is 16.6. The van der Waals surface area contributed by atoms with Crippen LogP contribution in [0.3, 0.4) is 0 Å². The van der Waals surface area contributed by atoms with Gasteiger partial charge in [-0.1, -0.05) is 24.3 Å². The summed E-state index contributed by atoms with van der Waals surface area (Å²) in [6.45, 7) is 1.71. The lowest BCUT2D eigenvalue weighted by molar-refractivity contribution is -0.136. The predicted octanol–water partition coefficient (Wildman–Crippen LogP) is 3.28. The first kappa shape index (κ1) is 20.5. The Morgan fingerprint density at radius 1 is 0.968 bits per heavy atom. The third kappa shape index (κ3) is 3.99. The van der Waals surface area contributed by atoms with Crippen LogP contribution in [0.4, 0.5) is 0 Å². The number of phenolic OH excluding ortho intramolecular Hbond substituents is 1. The van der Waals surface area contributed by atoms with Gasteiger partial charge in [0, 0.05) is 6.42 Å². The summed E-state index contributed by atoms with van der Waals surface area (Å²) in [6.07, 6.45) is 0.253. The molecule has 0 aliphatic rings. The van der Waals surface area contributed by atoms with E-state index in [-0.39, 0.29) is 22.0 Å². The Labute approximate surface area is 178 Å². The third-order valence-electron chi connectivity index (χ3n) is 4.90. The van der Waals surface area contributed by atoms with Gasteiger partial charge in [-0.2, -0.15) is 0 Å². The first-order valence-electron chi connectivity index (χ1n) is 9.47. The number of benzene rings is 3. The molecule has 2 N–H and O–H groups in total. The highest BCUT2D eigenvalue weighted by atomic mass is 32.2. The van der Waals surface area contributed by atoms with Crippen LogP contribution in [0.1, 0.15) is 17.5 Å². The van der Waals surface area contributed by atoms with Crippen molar-refractivity contribution in [2.45, 2.75) is 29.6 Å². The van der Waals surface area contributed by atoms with E-state index in [1.54, 1.807) is 43.3 Å². The maximum absolute atomic E-state index is 12.9. The molecule has 1 heterocycles. The molecule has 0 atom stereocenters. The first-order valence-corrected chi connectivity index (χ1v) is 11.0. The summed E-state index contributed by atoms with van der Waals surface area (Å²) in [6, 6.07) is 15.9. The smallest absolute Gasteiger partial charge is 0.303 e. The van der Waals surface area contributed by atoms with Crippen LogP contribution in [0.2, 0.25) is 0 Å². The van der Waals surface area contributed by atoms with E-state index in [9.17, 15) is 18.3 Å². The van der Waals surface area contributed by atoms with Crippen molar-refractivity contribution in [1.29, 1.82) is 0 Å². The van der Waals surface area contributed by atoms with Crippen LogP contribution in [0.5, 0.6) is 5.75 Å². The van der Waals surface area contributed by atoms with Crippen molar-refractivity contribution in [3.63, 3.8) is 0 Å². The normalized spacial score (nSPS) is 11.6. The zero-order valence-corrected chi connectivity index (χ0v) is 17.4. The fraction of sp³-hybridized carbons (Fsp3) is 0.136. The van der Waals surface area contributed by atoms with Crippen molar-refractivity contribution in [3.8, 4) is 11.4 Å². The molecule has 158 valence electrons. The molecule has 31 heavy (non-hydrogen) atoms. The molecule has 0 spiro atoms. The second-order valence-corrected chi connectivity index (χ2v) is 9.08. The minimum absolute atomic E-state index is 0.0310. The van der Waals surface area contributed by atoms with Crippen LogP contribution >= 0.6 is 0 Å². The lowest BCUT2D eigenvalue weighted by Crippen LogP contribution is -2.03. The number of hydrogen-bond acceptors (Lipinski definition) is 6. The number of aliphatic carboxylic acids is 1. The van der Waals surface area contributed by atoms with E-state index in [1.807, 2.05) is 0 Å². The highest BCUT2D eigenvalue weighted by Crippen LogP contribution is 2.29. The van der Waals surface area contributed by atoms with Crippen LogP contribution in [-0.4, -0.2) is 39.6 Å². The Bertz CT molecular complexity index is 1400. The predicted molar refractivity (Wildman–Crippen MR) is 113 cm³/mol. The molecular weight excluding hydrogens is 418 g/mol. The lowest BCUT2D eigenvalue weighted by Gasteiger charge is -2.09. The number of sulfone groups is 1. The molecule has 0 unspecified atom stereocenters. The minimum atomic E-state index is -3.70. The molecule has 0 radical (unpaired) electrons. The Morgan fingerprint density at radius 3 is 2.39 bits per heavy atom. The molecule has 0 aliphatic heterocycles. The molecule has 4 rings (SSSR count). The van der Waals surface area contributed by atoms with Crippen molar-refractivity contribution in [2.75, 3.05) is 0 Å². The van der Waals surface area contributed by atoms with Gasteiger partial charge in [-0.3, -0.25) is 4.79 Å². The van der Waals surface area contributed by atoms with Gasteiger partial charge in [0.25, 0.3) is 0 Å². The highest BCUT2D eigenvalue weighted by Gasteiger charge is 2.19. The van der Waals surface area contributed by atoms with Gasteiger partial charge in [0.1, 0.15) is 22.5 Å². The summed E-state index contributed by atoms with van der Waals surface area (Å²) >= 11 is 0. The van der Waals surface area contributed by atoms with E-state index in [4.69, 9.17) is 5.11 Å². The number of phenols is 1. The molecule has 4 aromatic rings. The molecule has 0 amide bonds. The topological polar surface area (TPSA) is 122 Å². The number of aryl methyl sites for hydroxylation is 2. The second kappa shape index (κ2) is 7.84. The van der Waals surface area contributed by atoms with Gasteiger partial charge in [-0.15, -0.1) is 15.0 Å². The van der Waals surface area contributed by atoms with Crippen LogP contribution in [0.15, 0.2) is 70.5 Å². The van der Waals surface area contributed by atoms with Gasteiger partial charge in [-0.25, -0.2) is 8.42 Å². The summed E-state index contributed by atoms with van der Waals surface area (Å²) in [5.74, 6) is -0.945. The van der Waals surface area contributed by atoms with Crippen molar-refractivity contribution < 1.29 is 23.4 Å². The number of hydrogen-bond donors (Lipinski definition) is 2. The largest absolute Gasteiger partial charge is 0.505 e. The average molecular weight is 437 g/mol. The van der Waals surface area contributed by atoms with E-state index < -0.39 is 15.8 Å². The van der Waals surface area contributed by atoms with Gasteiger partial charge in [-0.05, 0) is 60.9 Å². The van der Waals surface area contributed by atoms with E-state index >= 15 is 0 Å². The Morgan fingerprint density at radius 2 is 1.68 bits per heavy atom. The molecule has 0 saturated heterocycles. The average Bonchev–Trinajstić information content (AvgIpc) is 3.18. The summed E-state index contributed by atoms with van der Waals surface area (Å²) in [4.78, 5) is 12.4. The molecule has 0 aliphatic carbocycles. The quantitative estimate of drug-likeness (QED) is 0.474. The molecule has 3 aromatic carbocycles. The second-order valence-electron chi connectivity index (χ2n) is 7.13. The lowest BCUT2D eigenvalue weighted by atomic mass is 10.0. The molecular formula is C22H19N3O5S. The Hall–Kier alpha value is -3.72. The van der Waals surface area contributed by atoms with Crippen molar-refractivity contribution in [3.05, 3.63) is 71.8 Å². The molecule has 1 aromatic heterocycles. The van der Waals surface area contributed by atoms with E-state index in [0.29, 0.717) is 28.7 Å². The van der Waals surface area contributed by atoms with Crippen LogP contribution in [0.25, 0.3) is 16.7 Å². The molecule has 0 bridgehead atoms. The number of rotatable bonds is 6. The van der Waals surface area contributed by atoms with Gasteiger partial charge in [0.05, 0.1) is 9.79 Å². The first-order chi connectivity index (χ1) is 14.8. The van der Waals surface area contributed by atoms with Crippen LogP contribution in [-0.2, 0) is 21.1 Å². The van der Waals surface area contributed by atoms with E-state index in [0.717, 1.165) is 5.56 Å². The number of fused-ring (bicyclic) bond motifs is 1. The molecule has 9 heteroatoms. The summed E-state index contributed by atoms with van der Waals surface area (Å²) in [7, 11) is -3.70. The van der Waals surface area contributed by atoms with Crippen molar-refractivity contribution in [1.82, 2.24) is 15.0 Å². The number of carbonyl (C=O) groups is 1. The summed E-state index contributed by atoms with van der Waals surface area (Å²) in [5, 5.41) is 28.1. The van der Waals surface area contributed by atoms with Crippen LogP contribution < -0.4 is 0 Å². The summed E-state index contributed by atoms with van der Waals surface area (Å²) in [5.41, 5.74) is 2.39. The number of aromatic nitrogens is 3. The standard InChI is InChI=1S/C22H19N3O5S/c1-14-11-15(7-10-21(26)27)12-20(22(14)28)25-23-18-9-8-17(13-19(18)24-25)31(29,30)16-5-3-2-4-6-16/h2-6,8-9,11-13,28H,7,10H2,1H3,(H,26,27). The van der Waals surface area contributed by atoms with Gasteiger partial charge in [0.15, 0.2) is 0 Å². The summed E-state index contributed by atoms with van der Waals surface area (Å²) < 4.78 is 25.8. The number of carboxylic acid groups (broad SMARTS) is 1. The van der Waals surface area contributed by atoms with Gasteiger partial charge < -0.3 is 10.2 Å². The molecule has 0 saturated carbocycles. The van der Waals surface area contributed by atoms with Crippen molar-refractivity contribution >= 4 is 26.8 Å². The minimum Gasteiger partial charge on any atom is -0.505 e. The van der Waals surface area contributed by atoms with E-state index in [2.05, 4.69) is 10.2 Å². The number of carboxylic acids is 1. The molecule has 8 nitrogen and oxygen atoms in total. The maximum atomic E-state index is 12.9. The number of aromatic hydroxyl groups is 1. The highest BCUT2D eigenvalue weighted by molar-refractivity contribution is 7.91. The van der Waals surface area contributed by atoms with Crippen molar-refractivity contribution in [2.24, 2.45) is 0 Å². The van der Waals surface area contributed by atoms with E-state index in [1.165, 1.54) is 29.1 Å². The Kier molecular flexibility index (Phi) is 5.20. The molecule has 0 fully saturated rings. The van der Waals surface area contributed by atoms with Crippen LogP contribution in [0, 0.1) is 6.92 Å². The number of nitrogens with zero attached hydrogens (tertiary/aromatic N) is 3. The Balaban J connectivity index is 1.76. The van der Waals surface area contributed by atoms with Gasteiger partial charge in [0.2, 0.25) is 9.84 Å².